The highest BCUT2D eigenvalue weighted by molar-refractivity contribution is 5.97. The van der Waals surface area contributed by atoms with E-state index in [2.05, 4.69) is 0 Å². The van der Waals surface area contributed by atoms with E-state index in [1.54, 1.807) is 0 Å². The summed E-state index contributed by atoms with van der Waals surface area (Å²) < 4.78 is 12.8. The molecular weight excluding hydrogens is 237 g/mol. The molecule has 3 rings (SSSR count). The zero-order valence-electron chi connectivity index (χ0n) is 9.77. The largest absolute Gasteiger partial charge is 0.507 e. The molecule has 0 radical (unpaired) electrons. The molecule has 1 heterocycles. The summed E-state index contributed by atoms with van der Waals surface area (Å²) in [5.74, 6) is -0.995. The van der Waals surface area contributed by atoms with E-state index in [1.807, 2.05) is 0 Å². The fraction of sp³-hybridized carbons (Fsp3) is 0.462. The minimum atomic E-state index is -0.745. The standard InChI is InChI=1S/C13H14FNO3/c14-9-3-4-10(11(16)5-9)12(17)15-6-13(18,7-15)8-1-2-8/h3-5,8,16,18H,1-2,6-7H2. The van der Waals surface area contributed by atoms with E-state index in [0.29, 0.717) is 19.0 Å². The molecule has 1 aromatic rings. The van der Waals surface area contributed by atoms with E-state index in [9.17, 15) is 19.4 Å². The quantitative estimate of drug-likeness (QED) is 0.828. The summed E-state index contributed by atoms with van der Waals surface area (Å²) in [7, 11) is 0. The van der Waals surface area contributed by atoms with Crippen LogP contribution in [0.4, 0.5) is 4.39 Å². The number of carbonyl (C=O) groups excluding carboxylic acids is 1. The molecular formula is C13H14FNO3. The Labute approximate surface area is 104 Å². The molecule has 4 nitrogen and oxygen atoms in total. The van der Waals surface area contributed by atoms with E-state index >= 15 is 0 Å². The van der Waals surface area contributed by atoms with Crippen LogP contribution < -0.4 is 0 Å². The van der Waals surface area contributed by atoms with Gasteiger partial charge in [0.15, 0.2) is 0 Å². The molecule has 1 saturated carbocycles. The Morgan fingerprint density at radius 2 is 2.06 bits per heavy atom. The lowest BCUT2D eigenvalue weighted by atomic mass is 9.88. The van der Waals surface area contributed by atoms with Crippen LogP contribution in [0.5, 0.6) is 5.75 Å². The highest BCUT2D eigenvalue weighted by Crippen LogP contribution is 2.45. The Balaban J connectivity index is 1.72. The molecule has 0 spiro atoms. The molecule has 0 bridgehead atoms. The van der Waals surface area contributed by atoms with Crippen molar-refractivity contribution in [3.8, 4) is 5.75 Å². The molecule has 2 fully saturated rings. The van der Waals surface area contributed by atoms with Gasteiger partial charge in [-0.15, -0.1) is 0 Å². The Morgan fingerprint density at radius 1 is 1.39 bits per heavy atom. The molecule has 0 aromatic heterocycles. The minimum absolute atomic E-state index is 0.0780. The molecule has 1 aliphatic heterocycles. The third kappa shape index (κ3) is 1.75. The van der Waals surface area contributed by atoms with Gasteiger partial charge in [-0.25, -0.2) is 4.39 Å². The first-order valence-corrected chi connectivity index (χ1v) is 6.00. The number of β-amino-alcohol motifs (C(OH)–C–C–N with tert-alkyl or cyclic N) is 1. The van der Waals surface area contributed by atoms with Crippen LogP contribution >= 0.6 is 0 Å². The van der Waals surface area contributed by atoms with Crippen molar-refractivity contribution in [1.29, 1.82) is 0 Å². The van der Waals surface area contributed by atoms with Gasteiger partial charge >= 0.3 is 0 Å². The van der Waals surface area contributed by atoms with Crippen molar-refractivity contribution in [2.24, 2.45) is 5.92 Å². The highest BCUT2D eigenvalue weighted by atomic mass is 19.1. The van der Waals surface area contributed by atoms with Crippen molar-refractivity contribution in [2.45, 2.75) is 18.4 Å². The lowest BCUT2D eigenvalue weighted by Gasteiger charge is -2.47. The van der Waals surface area contributed by atoms with Crippen molar-refractivity contribution >= 4 is 5.91 Å². The molecule has 96 valence electrons. The first-order valence-electron chi connectivity index (χ1n) is 6.00. The van der Waals surface area contributed by atoms with Crippen LogP contribution in [0.1, 0.15) is 23.2 Å². The van der Waals surface area contributed by atoms with Crippen molar-refractivity contribution < 1.29 is 19.4 Å². The summed E-state index contributed by atoms with van der Waals surface area (Å²) in [5, 5.41) is 19.6. The maximum atomic E-state index is 12.8. The zero-order chi connectivity index (χ0) is 12.9. The van der Waals surface area contributed by atoms with Crippen molar-refractivity contribution in [2.75, 3.05) is 13.1 Å². The number of carbonyl (C=O) groups is 1. The fourth-order valence-corrected chi connectivity index (χ4v) is 2.49. The van der Waals surface area contributed by atoms with Crippen LogP contribution in [0.3, 0.4) is 0 Å². The van der Waals surface area contributed by atoms with Gasteiger partial charge in [-0.1, -0.05) is 0 Å². The lowest BCUT2D eigenvalue weighted by molar-refractivity contribution is -0.0958. The monoisotopic (exact) mass is 251 g/mol. The Kier molecular flexibility index (Phi) is 2.35. The maximum absolute atomic E-state index is 12.8. The van der Waals surface area contributed by atoms with Crippen LogP contribution in [-0.4, -0.2) is 39.7 Å². The number of phenolic OH excluding ortho intramolecular Hbond substituents is 1. The molecule has 0 unspecified atom stereocenters. The average molecular weight is 251 g/mol. The van der Waals surface area contributed by atoms with Crippen molar-refractivity contribution in [3.05, 3.63) is 29.6 Å². The first kappa shape index (κ1) is 11.5. The first-order chi connectivity index (χ1) is 8.49. The number of hydrogen-bond acceptors (Lipinski definition) is 3. The van der Waals surface area contributed by atoms with Crippen LogP contribution in [0.25, 0.3) is 0 Å². The minimum Gasteiger partial charge on any atom is -0.507 e. The molecule has 1 aliphatic carbocycles. The maximum Gasteiger partial charge on any atom is 0.257 e. The fourth-order valence-electron chi connectivity index (χ4n) is 2.49. The number of halogens is 1. The SMILES string of the molecule is O=C(c1ccc(F)cc1O)N1CC(O)(C2CC2)C1. The van der Waals surface area contributed by atoms with E-state index in [4.69, 9.17) is 0 Å². The van der Waals surface area contributed by atoms with Crippen LogP contribution in [0, 0.1) is 11.7 Å². The summed E-state index contributed by atoms with van der Waals surface area (Å²) in [5.41, 5.74) is -0.667. The molecule has 5 heteroatoms. The predicted octanol–water partition coefficient (Wildman–Crippen LogP) is 1.13. The molecule has 1 saturated heterocycles. The zero-order valence-corrected chi connectivity index (χ0v) is 9.77. The summed E-state index contributed by atoms with van der Waals surface area (Å²) >= 11 is 0. The predicted molar refractivity (Wildman–Crippen MR) is 61.6 cm³/mol. The summed E-state index contributed by atoms with van der Waals surface area (Å²) in [6, 6.07) is 3.32. The number of amides is 1. The molecule has 2 aliphatic rings. The molecule has 0 atom stereocenters. The van der Waals surface area contributed by atoms with Gasteiger partial charge in [-0.05, 0) is 30.9 Å². The van der Waals surface area contributed by atoms with E-state index < -0.39 is 11.4 Å². The second-order valence-corrected chi connectivity index (χ2v) is 5.20. The number of aromatic hydroxyl groups is 1. The molecule has 1 aromatic carbocycles. The van der Waals surface area contributed by atoms with Gasteiger partial charge in [0.2, 0.25) is 0 Å². The Morgan fingerprint density at radius 3 is 2.61 bits per heavy atom. The number of phenols is 1. The Bertz CT molecular complexity index is 507. The van der Waals surface area contributed by atoms with Crippen LogP contribution in [0.15, 0.2) is 18.2 Å². The third-order valence-electron chi connectivity index (χ3n) is 3.74. The smallest absolute Gasteiger partial charge is 0.257 e. The topological polar surface area (TPSA) is 60.8 Å². The second kappa shape index (κ2) is 3.68. The lowest BCUT2D eigenvalue weighted by Crippen LogP contribution is -2.64. The van der Waals surface area contributed by atoms with Gasteiger partial charge in [-0.3, -0.25) is 4.79 Å². The van der Waals surface area contributed by atoms with Gasteiger partial charge < -0.3 is 15.1 Å². The summed E-state index contributed by atoms with van der Waals surface area (Å²) in [4.78, 5) is 13.5. The number of benzene rings is 1. The normalized spacial score (nSPS) is 21.6. The molecule has 1 amide bonds. The van der Waals surface area contributed by atoms with Gasteiger partial charge in [-0.2, -0.15) is 0 Å². The van der Waals surface area contributed by atoms with Gasteiger partial charge in [0.25, 0.3) is 5.91 Å². The third-order valence-corrected chi connectivity index (χ3v) is 3.74. The number of aliphatic hydroxyl groups is 1. The van der Waals surface area contributed by atoms with E-state index in [-0.39, 0.29) is 17.2 Å². The molecule has 18 heavy (non-hydrogen) atoms. The van der Waals surface area contributed by atoms with Gasteiger partial charge in [0.05, 0.1) is 18.7 Å². The van der Waals surface area contributed by atoms with Crippen LogP contribution in [0.2, 0.25) is 0 Å². The van der Waals surface area contributed by atoms with E-state index in [1.165, 1.54) is 11.0 Å². The average Bonchev–Trinajstić information content (AvgIpc) is 3.08. The van der Waals surface area contributed by atoms with Crippen molar-refractivity contribution in [1.82, 2.24) is 4.90 Å². The highest BCUT2D eigenvalue weighted by Gasteiger charge is 2.53. The number of rotatable bonds is 2. The summed E-state index contributed by atoms with van der Waals surface area (Å²) in [6.07, 6.45) is 2.03. The van der Waals surface area contributed by atoms with Gasteiger partial charge in [0, 0.05) is 6.07 Å². The molecule has 2 N–H and O–H groups in total. The summed E-state index contributed by atoms with van der Waals surface area (Å²) in [6.45, 7) is 0.598. The van der Waals surface area contributed by atoms with Crippen molar-refractivity contribution in [3.63, 3.8) is 0 Å². The number of likely N-dealkylation sites (tertiary alicyclic amines) is 1. The second-order valence-electron chi connectivity index (χ2n) is 5.20. The van der Waals surface area contributed by atoms with Crippen LogP contribution in [-0.2, 0) is 0 Å². The van der Waals surface area contributed by atoms with E-state index in [0.717, 1.165) is 25.0 Å². The Hall–Kier alpha value is -1.62. The van der Waals surface area contributed by atoms with Gasteiger partial charge in [0.1, 0.15) is 17.2 Å². The number of nitrogens with zero attached hydrogens (tertiary/aromatic N) is 1. The number of hydrogen-bond donors (Lipinski definition) is 2.